The fraction of sp³-hybridized carbons (Fsp3) is 0.160. The van der Waals surface area contributed by atoms with Gasteiger partial charge >= 0.3 is 5.97 Å². The summed E-state index contributed by atoms with van der Waals surface area (Å²) in [5.41, 5.74) is 7.54. The molecule has 214 valence electrons. The van der Waals surface area contributed by atoms with Crippen molar-refractivity contribution < 1.29 is 34.5 Å². The molecule has 6 rings (SSSR count). The second-order valence-electron chi connectivity index (χ2n) is 9.05. The summed E-state index contributed by atoms with van der Waals surface area (Å²) in [5.74, 6) is -3.02. The van der Waals surface area contributed by atoms with Crippen molar-refractivity contribution in [1.82, 2.24) is 24.5 Å². The lowest BCUT2D eigenvalue weighted by Gasteiger charge is -2.52. The predicted molar refractivity (Wildman–Crippen MR) is 154 cm³/mol. The lowest BCUT2D eigenvalue weighted by molar-refractivity contribution is -0.149. The molecule has 14 nitrogen and oxygen atoms in total. The quantitative estimate of drug-likeness (QED) is 0.0551. The maximum Gasteiger partial charge on any atom is 0.352 e. The zero-order valence-corrected chi connectivity index (χ0v) is 23.6. The maximum atomic E-state index is 13.3. The minimum Gasteiger partial charge on any atom is -0.504 e. The molecule has 2 amide bonds. The number of nitrogens with zero attached hydrogens (tertiary/aromatic N) is 6. The number of rotatable bonds is 8. The van der Waals surface area contributed by atoms with Crippen LogP contribution in [0.3, 0.4) is 0 Å². The Labute approximate surface area is 248 Å². The third-order valence-corrected chi connectivity index (χ3v) is 9.65. The van der Waals surface area contributed by atoms with Crippen molar-refractivity contribution in [3.8, 4) is 22.8 Å². The van der Waals surface area contributed by atoms with E-state index >= 15 is 0 Å². The van der Waals surface area contributed by atoms with Gasteiger partial charge in [0.25, 0.3) is 11.8 Å². The molecule has 2 aliphatic rings. The third kappa shape index (κ3) is 4.60. The van der Waals surface area contributed by atoms with E-state index in [1.54, 1.807) is 28.9 Å². The zero-order valence-electron chi connectivity index (χ0n) is 21.1. The van der Waals surface area contributed by atoms with Crippen LogP contribution in [0.1, 0.15) is 0 Å². The average molecular weight is 626 g/mol. The summed E-state index contributed by atoms with van der Waals surface area (Å²) in [5, 5.41) is 35.5. The number of amides is 2. The number of aromatic nitrogens is 4. The summed E-state index contributed by atoms with van der Waals surface area (Å²) in [6.45, 7) is 0. The molecule has 42 heavy (non-hydrogen) atoms. The SMILES string of the molecule is Nc1nc(N(C(=O)C=O)[C@@H]2C(=O)N3C(C(=O)O)=C(CSc4cc(-c5ccc(O)c(O)c5)nc5ccnn45)CS[C@H]23)cs1. The molecule has 4 aromatic rings. The van der Waals surface area contributed by atoms with E-state index in [2.05, 4.69) is 15.1 Å². The summed E-state index contributed by atoms with van der Waals surface area (Å²) < 4.78 is 1.58. The van der Waals surface area contributed by atoms with Crippen LogP contribution in [0.15, 0.2) is 58.2 Å². The number of phenols is 2. The first-order valence-corrected chi connectivity index (χ1v) is 15.0. The lowest BCUT2D eigenvalue weighted by Crippen LogP contribution is -2.72. The minimum atomic E-state index is -1.30. The van der Waals surface area contributed by atoms with Gasteiger partial charge in [-0.2, -0.15) is 5.10 Å². The number of aromatic hydroxyl groups is 2. The predicted octanol–water partition coefficient (Wildman–Crippen LogP) is 1.79. The number of benzene rings is 1. The Kier molecular flexibility index (Phi) is 6.99. The van der Waals surface area contributed by atoms with Crippen LogP contribution in [0.2, 0.25) is 0 Å². The fourth-order valence-corrected chi connectivity index (χ4v) is 7.77. The van der Waals surface area contributed by atoms with Crippen LogP contribution in [0.5, 0.6) is 11.5 Å². The number of β-lactam (4-membered cyclic amide) rings is 1. The highest BCUT2D eigenvalue weighted by Crippen LogP contribution is 2.45. The van der Waals surface area contributed by atoms with E-state index in [0.29, 0.717) is 27.5 Å². The van der Waals surface area contributed by atoms with E-state index in [-0.39, 0.29) is 45.9 Å². The van der Waals surface area contributed by atoms with Crippen molar-refractivity contribution >= 4 is 75.5 Å². The Morgan fingerprint density at radius 3 is 2.69 bits per heavy atom. The molecule has 1 fully saturated rings. The number of fused-ring (bicyclic) bond motifs is 2. The van der Waals surface area contributed by atoms with E-state index in [1.807, 2.05) is 0 Å². The molecule has 0 aliphatic carbocycles. The lowest BCUT2D eigenvalue weighted by atomic mass is 10.0. The number of carboxylic acid groups (broad SMARTS) is 1. The molecule has 0 unspecified atom stereocenters. The number of carbonyl (C=O) groups excluding carboxylic acids is 3. The third-order valence-electron chi connectivity index (χ3n) is 6.59. The van der Waals surface area contributed by atoms with Crippen molar-refractivity contribution in [3.05, 3.63) is 53.2 Å². The Hall–Kier alpha value is -4.61. The van der Waals surface area contributed by atoms with Crippen molar-refractivity contribution in [1.29, 1.82) is 0 Å². The summed E-state index contributed by atoms with van der Waals surface area (Å²) in [7, 11) is 0. The number of hydrogen-bond acceptors (Lipinski definition) is 13. The first-order chi connectivity index (χ1) is 20.2. The Balaban J connectivity index is 1.29. The molecule has 0 bridgehead atoms. The van der Waals surface area contributed by atoms with Gasteiger partial charge in [0.05, 0.1) is 11.9 Å². The topological polar surface area (TPSA) is 205 Å². The molecule has 5 heterocycles. The second kappa shape index (κ2) is 10.7. The maximum absolute atomic E-state index is 13.3. The molecule has 0 saturated carbocycles. The first-order valence-electron chi connectivity index (χ1n) is 12.1. The van der Waals surface area contributed by atoms with Crippen LogP contribution in [-0.2, 0) is 19.2 Å². The van der Waals surface area contributed by atoms with Gasteiger partial charge in [-0.1, -0.05) is 0 Å². The minimum absolute atomic E-state index is 0.0501. The zero-order chi connectivity index (χ0) is 29.7. The number of aldehydes is 1. The molecule has 1 aromatic carbocycles. The number of aliphatic carboxylic acids is 1. The number of thiazole rings is 1. The number of thioether (sulfide) groups is 2. The number of nitrogen functional groups attached to an aromatic ring is 1. The highest BCUT2D eigenvalue weighted by Gasteiger charge is 2.57. The molecule has 17 heteroatoms. The molecule has 0 radical (unpaired) electrons. The van der Waals surface area contributed by atoms with E-state index in [9.17, 15) is 34.5 Å². The molecule has 0 spiro atoms. The number of phenolic OH excluding ortho intramolecular Hbond substituents is 2. The van der Waals surface area contributed by atoms with Gasteiger partial charge < -0.3 is 21.1 Å². The Morgan fingerprint density at radius 1 is 1.19 bits per heavy atom. The van der Waals surface area contributed by atoms with Gasteiger partial charge in [0, 0.05) is 28.5 Å². The van der Waals surface area contributed by atoms with Gasteiger partial charge in [-0.25, -0.2) is 19.3 Å². The number of hydrogen-bond donors (Lipinski definition) is 4. The van der Waals surface area contributed by atoms with E-state index < -0.39 is 29.2 Å². The molecule has 2 atom stereocenters. The van der Waals surface area contributed by atoms with Crippen molar-refractivity contribution in [2.45, 2.75) is 16.4 Å². The first kappa shape index (κ1) is 27.6. The molecular weight excluding hydrogens is 607 g/mol. The van der Waals surface area contributed by atoms with Crippen molar-refractivity contribution in [2.24, 2.45) is 0 Å². The van der Waals surface area contributed by atoms with Gasteiger partial charge in [0.15, 0.2) is 22.3 Å². The normalized spacial score (nSPS) is 18.1. The van der Waals surface area contributed by atoms with Crippen LogP contribution in [-0.4, -0.2) is 86.8 Å². The largest absolute Gasteiger partial charge is 0.504 e. The Morgan fingerprint density at radius 2 is 2.00 bits per heavy atom. The highest BCUT2D eigenvalue weighted by atomic mass is 32.2. The summed E-state index contributed by atoms with van der Waals surface area (Å²) in [6, 6.07) is 6.63. The van der Waals surface area contributed by atoms with Crippen LogP contribution >= 0.6 is 34.9 Å². The molecule has 1 saturated heterocycles. The number of nitrogens with two attached hydrogens (primary N) is 1. The molecule has 5 N–H and O–H groups in total. The standard InChI is InChI=1S/C25H19N7O7S3/c26-25-29-17(10-42-25)30(18(36)7-33)21-22(37)31-20(24(38)39)12(9-41-23(21)31)8-40-19-6-13(28-16-3-4-27-32(16)19)11-1-2-14(34)15(35)5-11/h1-7,10,21,23,34-35H,8-9H2,(H2,26,29)(H,38,39)/t21-,23-/m1/s1. The van der Waals surface area contributed by atoms with Crippen molar-refractivity contribution in [3.63, 3.8) is 0 Å². The second-order valence-corrected chi connectivity index (χ2v) is 12.0. The number of carboxylic acids is 1. The van der Waals surface area contributed by atoms with Gasteiger partial charge in [0.1, 0.15) is 28.0 Å². The summed E-state index contributed by atoms with van der Waals surface area (Å²) >= 11 is 3.60. The molecular formula is C25H19N7O7S3. The van der Waals surface area contributed by atoms with Gasteiger partial charge in [0.2, 0.25) is 6.29 Å². The average Bonchev–Trinajstić information content (AvgIpc) is 3.63. The fourth-order valence-electron chi connectivity index (χ4n) is 4.70. The van der Waals surface area contributed by atoms with Gasteiger partial charge in [-0.15, -0.1) is 34.9 Å². The number of anilines is 2. The van der Waals surface area contributed by atoms with Gasteiger partial charge in [-0.05, 0) is 29.8 Å². The molecule has 2 aliphatic heterocycles. The van der Waals surface area contributed by atoms with Gasteiger partial charge in [-0.3, -0.25) is 24.2 Å². The Bertz CT molecular complexity index is 1820. The highest BCUT2D eigenvalue weighted by molar-refractivity contribution is 8.01. The number of carbonyl (C=O) groups is 4. The summed E-state index contributed by atoms with van der Waals surface area (Å²) in [6.07, 6.45) is 1.64. The summed E-state index contributed by atoms with van der Waals surface area (Å²) in [4.78, 5) is 60.3. The smallest absolute Gasteiger partial charge is 0.352 e. The van der Waals surface area contributed by atoms with E-state index in [4.69, 9.17) is 5.73 Å². The van der Waals surface area contributed by atoms with Crippen molar-refractivity contribution in [2.75, 3.05) is 22.1 Å². The van der Waals surface area contributed by atoms with E-state index in [1.165, 1.54) is 41.0 Å². The molecule has 3 aromatic heterocycles. The monoisotopic (exact) mass is 625 g/mol. The van der Waals surface area contributed by atoms with E-state index in [0.717, 1.165) is 21.1 Å². The van der Waals surface area contributed by atoms with Crippen LogP contribution in [0.25, 0.3) is 16.9 Å². The van der Waals surface area contributed by atoms with Crippen LogP contribution in [0, 0.1) is 0 Å². The van der Waals surface area contributed by atoms with Crippen LogP contribution < -0.4 is 10.6 Å². The van der Waals surface area contributed by atoms with Crippen LogP contribution in [0.4, 0.5) is 10.9 Å².